The molecule has 18 heavy (non-hydrogen) atoms. The maximum absolute atomic E-state index is 4.85. The van der Waals surface area contributed by atoms with E-state index in [4.69, 9.17) is 4.98 Å². The quantitative estimate of drug-likeness (QED) is 0.830. The smallest absolute Gasteiger partial charge is 0.0766 e. The van der Waals surface area contributed by atoms with E-state index in [9.17, 15) is 0 Å². The lowest BCUT2D eigenvalue weighted by Gasteiger charge is -2.21. The SMILES string of the molecule is CNc1cc(C(C)(C)C)nc2c(C)ccc(Br)c12. The lowest BCUT2D eigenvalue weighted by atomic mass is 9.90. The van der Waals surface area contributed by atoms with Crippen LogP contribution in [0, 0.1) is 6.92 Å². The number of nitrogens with zero attached hydrogens (tertiary/aromatic N) is 1. The summed E-state index contributed by atoms with van der Waals surface area (Å²) in [5.74, 6) is 0. The van der Waals surface area contributed by atoms with Crippen molar-refractivity contribution >= 4 is 32.5 Å². The molecule has 1 heterocycles. The molecule has 0 atom stereocenters. The number of hydrogen-bond acceptors (Lipinski definition) is 2. The number of aromatic nitrogens is 1. The Morgan fingerprint density at radius 2 is 1.89 bits per heavy atom. The molecule has 96 valence electrons. The standard InChI is InChI=1S/C15H19BrN2/c1-9-6-7-10(16)13-11(17-5)8-12(15(2,3)4)18-14(9)13/h6-8H,1-5H3,(H,17,18). The fourth-order valence-electron chi connectivity index (χ4n) is 2.01. The van der Waals surface area contributed by atoms with Gasteiger partial charge in [0, 0.05) is 33.7 Å². The van der Waals surface area contributed by atoms with Crippen LogP contribution in [0.15, 0.2) is 22.7 Å². The first-order valence-corrected chi connectivity index (χ1v) is 6.92. The molecule has 0 aliphatic rings. The Kier molecular flexibility index (Phi) is 3.37. The molecule has 0 saturated carbocycles. The van der Waals surface area contributed by atoms with Gasteiger partial charge in [0.25, 0.3) is 0 Å². The number of rotatable bonds is 1. The van der Waals surface area contributed by atoms with E-state index in [-0.39, 0.29) is 5.41 Å². The fraction of sp³-hybridized carbons (Fsp3) is 0.400. The molecule has 2 aromatic rings. The molecule has 0 unspecified atom stereocenters. The van der Waals surface area contributed by atoms with E-state index >= 15 is 0 Å². The van der Waals surface area contributed by atoms with Crippen LogP contribution >= 0.6 is 15.9 Å². The first-order valence-electron chi connectivity index (χ1n) is 6.12. The number of fused-ring (bicyclic) bond motifs is 1. The van der Waals surface area contributed by atoms with Crippen LogP contribution in [0.25, 0.3) is 10.9 Å². The molecule has 1 N–H and O–H groups in total. The Labute approximate surface area is 117 Å². The van der Waals surface area contributed by atoms with Crippen molar-refractivity contribution in [2.24, 2.45) is 0 Å². The highest BCUT2D eigenvalue weighted by Gasteiger charge is 2.19. The van der Waals surface area contributed by atoms with Gasteiger partial charge in [-0.3, -0.25) is 4.98 Å². The van der Waals surface area contributed by atoms with Gasteiger partial charge in [-0.25, -0.2) is 0 Å². The highest BCUT2D eigenvalue weighted by atomic mass is 79.9. The summed E-state index contributed by atoms with van der Waals surface area (Å²) >= 11 is 3.62. The highest BCUT2D eigenvalue weighted by molar-refractivity contribution is 9.10. The molecule has 2 rings (SSSR count). The van der Waals surface area contributed by atoms with Crippen molar-refractivity contribution in [2.75, 3.05) is 12.4 Å². The molecule has 0 aliphatic heterocycles. The number of pyridine rings is 1. The zero-order valence-electron chi connectivity index (χ0n) is 11.6. The van der Waals surface area contributed by atoms with E-state index in [1.165, 1.54) is 5.56 Å². The summed E-state index contributed by atoms with van der Waals surface area (Å²) in [7, 11) is 1.95. The summed E-state index contributed by atoms with van der Waals surface area (Å²) in [5.41, 5.74) is 4.56. The van der Waals surface area contributed by atoms with Crippen LogP contribution in [0.3, 0.4) is 0 Å². The van der Waals surface area contributed by atoms with Gasteiger partial charge in [0.2, 0.25) is 0 Å². The minimum Gasteiger partial charge on any atom is -0.387 e. The van der Waals surface area contributed by atoms with Crippen LogP contribution in [0.4, 0.5) is 5.69 Å². The second-order valence-corrected chi connectivity index (χ2v) is 6.50. The number of halogens is 1. The van der Waals surface area contributed by atoms with E-state index < -0.39 is 0 Å². The van der Waals surface area contributed by atoms with Gasteiger partial charge in [-0.2, -0.15) is 0 Å². The van der Waals surface area contributed by atoms with Crippen molar-refractivity contribution in [3.8, 4) is 0 Å². The maximum Gasteiger partial charge on any atom is 0.0766 e. The minimum atomic E-state index is 0.0501. The summed E-state index contributed by atoms with van der Waals surface area (Å²) in [4.78, 5) is 4.85. The summed E-state index contributed by atoms with van der Waals surface area (Å²) in [6.07, 6.45) is 0. The van der Waals surface area contributed by atoms with Crippen molar-refractivity contribution in [1.82, 2.24) is 4.98 Å². The third-order valence-electron chi connectivity index (χ3n) is 3.15. The minimum absolute atomic E-state index is 0.0501. The first-order chi connectivity index (χ1) is 8.34. The molecule has 0 saturated heterocycles. The zero-order chi connectivity index (χ0) is 13.5. The van der Waals surface area contributed by atoms with Crippen LogP contribution in [0.2, 0.25) is 0 Å². The normalized spacial score (nSPS) is 11.9. The summed E-state index contributed by atoms with van der Waals surface area (Å²) in [6, 6.07) is 6.33. The second-order valence-electron chi connectivity index (χ2n) is 5.64. The van der Waals surface area contributed by atoms with E-state index in [1.54, 1.807) is 0 Å². The third kappa shape index (κ3) is 2.24. The molecule has 0 fully saturated rings. The summed E-state index contributed by atoms with van der Waals surface area (Å²) in [6.45, 7) is 8.67. The van der Waals surface area contributed by atoms with Gasteiger partial charge in [0.15, 0.2) is 0 Å². The highest BCUT2D eigenvalue weighted by Crippen LogP contribution is 2.34. The van der Waals surface area contributed by atoms with Crippen LogP contribution < -0.4 is 5.32 Å². The molecule has 2 nitrogen and oxygen atoms in total. The van der Waals surface area contributed by atoms with E-state index in [1.807, 2.05) is 7.05 Å². The lowest BCUT2D eigenvalue weighted by Crippen LogP contribution is -2.14. The Bertz CT molecular complexity index is 597. The zero-order valence-corrected chi connectivity index (χ0v) is 13.1. The predicted octanol–water partition coefficient (Wildman–Crippen LogP) is 4.64. The molecule has 1 aromatic heterocycles. The number of aryl methyl sites for hydroxylation is 1. The van der Waals surface area contributed by atoms with Crippen molar-refractivity contribution in [1.29, 1.82) is 0 Å². The predicted molar refractivity (Wildman–Crippen MR) is 82.4 cm³/mol. The van der Waals surface area contributed by atoms with Gasteiger partial charge >= 0.3 is 0 Å². The van der Waals surface area contributed by atoms with Crippen molar-refractivity contribution in [3.63, 3.8) is 0 Å². The Morgan fingerprint density at radius 1 is 1.22 bits per heavy atom. The Balaban J connectivity index is 2.88. The van der Waals surface area contributed by atoms with Gasteiger partial charge in [0.1, 0.15) is 0 Å². The average Bonchev–Trinajstić information content (AvgIpc) is 2.31. The maximum atomic E-state index is 4.85. The third-order valence-corrected chi connectivity index (χ3v) is 3.81. The average molecular weight is 307 g/mol. The molecular weight excluding hydrogens is 288 g/mol. The molecule has 0 amide bonds. The largest absolute Gasteiger partial charge is 0.387 e. The number of nitrogens with one attached hydrogen (secondary N) is 1. The molecular formula is C15H19BrN2. The van der Waals surface area contributed by atoms with Gasteiger partial charge in [-0.05, 0) is 24.6 Å². The molecule has 1 aromatic carbocycles. The van der Waals surface area contributed by atoms with Crippen molar-refractivity contribution in [2.45, 2.75) is 33.1 Å². The number of anilines is 1. The second kappa shape index (κ2) is 4.54. The van der Waals surface area contributed by atoms with Gasteiger partial charge in [-0.1, -0.05) is 42.8 Å². The molecule has 0 spiro atoms. The van der Waals surface area contributed by atoms with Crippen LogP contribution in [-0.2, 0) is 5.41 Å². The Hall–Kier alpha value is -1.09. The monoisotopic (exact) mass is 306 g/mol. The first kappa shape index (κ1) is 13.3. The lowest BCUT2D eigenvalue weighted by molar-refractivity contribution is 0.571. The van der Waals surface area contributed by atoms with Crippen LogP contribution in [0.5, 0.6) is 0 Å². The van der Waals surface area contributed by atoms with Crippen molar-refractivity contribution < 1.29 is 0 Å². The van der Waals surface area contributed by atoms with Gasteiger partial charge < -0.3 is 5.32 Å². The van der Waals surface area contributed by atoms with Crippen LogP contribution in [-0.4, -0.2) is 12.0 Å². The summed E-state index contributed by atoms with van der Waals surface area (Å²) in [5, 5.41) is 4.44. The molecule has 0 aliphatic carbocycles. The van der Waals surface area contributed by atoms with Gasteiger partial charge in [0.05, 0.1) is 5.52 Å². The van der Waals surface area contributed by atoms with Crippen LogP contribution in [0.1, 0.15) is 32.0 Å². The molecule has 3 heteroatoms. The number of hydrogen-bond donors (Lipinski definition) is 1. The Morgan fingerprint density at radius 3 is 2.44 bits per heavy atom. The fourth-order valence-corrected chi connectivity index (χ4v) is 2.55. The van der Waals surface area contributed by atoms with E-state index in [2.05, 4.69) is 67.1 Å². The van der Waals surface area contributed by atoms with Gasteiger partial charge in [-0.15, -0.1) is 0 Å². The van der Waals surface area contributed by atoms with E-state index in [0.717, 1.165) is 26.8 Å². The summed E-state index contributed by atoms with van der Waals surface area (Å²) < 4.78 is 1.08. The molecule has 0 radical (unpaired) electrons. The number of benzene rings is 1. The van der Waals surface area contributed by atoms with E-state index in [0.29, 0.717) is 0 Å². The topological polar surface area (TPSA) is 24.9 Å². The van der Waals surface area contributed by atoms with Crippen molar-refractivity contribution in [3.05, 3.63) is 33.9 Å². The molecule has 0 bridgehead atoms.